The van der Waals surface area contributed by atoms with Gasteiger partial charge in [-0.05, 0) is 16.0 Å². The molecule has 2 aromatic rings. The molecule has 2 rings (SSSR count). The molecule has 4 N–H and O–H groups in total. The maximum absolute atomic E-state index is 11.6. The molecule has 2 aromatic heterocycles. The third-order valence-electron chi connectivity index (χ3n) is 2.42. The van der Waals surface area contributed by atoms with E-state index in [-0.39, 0.29) is 12.5 Å². The second-order valence-corrected chi connectivity index (χ2v) is 4.48. The highest BCUT2D eigenvalue weighted by Crippen LogP contribution is 2.27. The molecule has 0 atom stereocenters. The van der Waals surface area contributed by atoms with Crippen molar-refractivity contribution in [3.05, 3.63) is 45.5 Å². The number of nitrogens with two attached hydrogens (primary N) is 1. The highest BCUT2D eigenvalue weighted by atomic mass is 32.1. The smallest absolute Gasteiger partial charge is 0.366 e. The lowest BCUT2D eigenvalue weighted by Gasteiger charge is -2.07. The first-order valence-electron chi connectivity index (χ1n) is 5.50. The van der Waals surface area contributed by atoms with E-state index in [1.807, 2.05) is 5.38 Å². The zero-order valence-electron chi connectivity index (χ0n) is 10.4. The molecular formula is C11H12N6O2S. The van der Waals surface area contributed by atoms with Gasteiger partial charge in [-0.25, -0.2) is 9.89 Å². The topological polar surface area (TPSA) is 123 Å². The lowest BCUT2D eigenvalue weighted by atomic mass is 10.2. The molecule has 0 saturated heterocycles. The zero-order chi connectivity index (χ0) is 14.5. The number of rotatable bonds is 6. The Bertz CT molecular complexity index is 711. The van der Waals surface area contributed by atoms with Crippen LogP contribution in [0.4, 0.5) is 0 Å². The van der Waals surface area contributed by atoms with E-state index in [0.29, 0.717) is 5.00 Å². The van der Waals surface area contributed by atoms with Crippen molar-refractivity contribution in [2.24, 2.45) is 5.73 Å². The van der Waals surface area contributed by atoms with E-state index in [1.54, 1.807) is 6.08 Å². The van der Waals surface area contributed by atoms with Crippen LogP contribution in [0.15, 0.2) is 28.7 Å². The average molecular weight is 292 g/mol. The Kier molecular flexibility index (Phi) is 4.11. The van der Waals surface area contributed by atoms with Crippen LogP contribution >= 0.6 is 11.3 Å². The predicted molar refractivity (Wildman–Crippen MR) is 75.8 cm³/mol. The number of aromatic amines is 1. The standard InChI is InChI=1S/C11H12N6O2S/c1-2-7-6-20-10(17-11(18)14-15-16-17)8(7)5-19-9(13)3-4-12/h2-4,6,12H,1,5,13H2,(H,14,16,18). The number of tetrazole rings is 1. The van der Waals surface area contributed by atoms with E-state index in [9.17, 15) is 4.79 Å². The van der Waals surface area contributed by atoms with Gasteiger partial charge in [0, 0.05) is 23.2 Å². The van der Waals surface area contributed by atoms with Crippen LogP contribution < -0.4 is 11.4 Å². The number of nitrogens with one attached hydrogen (secondary N) is 2. The summed E-state index contributed by atoms with van der Waals surface area (Å²) in [6, 6.07) is 0. The first-order chi connectivity index (χ1) is 9.67. The highest BCUT2D eigenvalue weighted by molar-refractivity contribution is 7.13. The molecule has 2 heterocycles. The Morgan fingerprint density at radius 2 is 2.50 bits per heavy atom. The molecule has 0 spiro atoms. The maximum Gasteiger partial charge on any atom is 0.366 e. The van der Waals surface area contributed by atoms with Crippen molar-refractivity contribution in [2.75, 3.05) is 0 Å². The maximum atomic E-state index is 11.6. The van der Waals surface area contributed by atoms with Crippen molar-refractivity contribution in [3.8, 4) is 5.00 Å². The summed E-state index contributed by atoms with van der Waals surface area (Å²) < 4.78 is 6.47. The van der Waals surface area contributed by atoms with Gasteiger partial charge in [0.1, 0.15) is 11.6 Å². The van der Waals surface area contributed by atoms with Crippen LogP contribution in [0.5, 0.6) is 0 Å². The molecule has 0 aliphatic rings. The van der Waals surface area contributed by atoms with Gasteiger partial charge < -0.3 is 15.9 Å². The van der Waals surface area contributed by atoms with Gasteiger partial charge in [-0.15, -0.1) is 16.0 Å². The largest absolute Gasteiger partial charge is 0.474 e. The van der Waals surface area contributed by atoms with Gasteiger partial charge in [0.15, 0.2) is 5.88 Å². The van der Waals surface area contributed by atoms with Gasteiger partial charge in [-0.3, -0.25) is 0 Å². The molecule has 0 radical (unpaired) electrons. The van der Waals surface area contributed by atoms with Crippen molar-refractivity contribution < 1.29 is 4.74 Å². The summed E-state index contributed by atoms with van der Waals surface area (Å²) in [7, 11) is 0. The van der Waals surface area contributed by atoms with E-state index < -0.39 is 5.69 Å². The van der Waals surface area contributed by atoms with Gasteiger partial charge in [-0.1, -0.05) is 12.7 Å². The molecule has 0 unspecified atom stereocenters. The first-order valence-corrected chi connectivity index (χ1v) is 6.38. The quantitative estimate of drug-likeness (QED) is 0.532. The van der Waals surface area contributed by atoms with E-state index in [4.69, 9.17) is 15.9 Å². The highest BCUT2D eigenvalue weighted by Gasteiger charge is 2.15. The molecule has 0 amide bonds. The summed E-state index contributed by atoms with van der Waals surface area (Å²) in [5.74, 6) is 0.111. The van der Waals surface area contributed by atoms with Gasteiger partial charge in [0.25, 0.3) is 0 Å². The van der Waals surface area contributed by atoms with Gasteiger partial charge in [0.05, 0.1) is 0 Å². The average Bonchev–Trinajstić information content (AvgIpc) is 3.02. The van der Waals surface area contributed by atoms with Crippen LogP contribution in [0.25, 0.3) is 11.1 Å². The minimum Gasteiger partial charge on any atom is -0.474 e. The lowest BCUT2D eigenvalue weighted by molar-refractivity contribution is 0.196. The molecular weight excluding hydrogens is 280 g/mol. The third-order valence-corrected chi connectivity index (χ3v) is 3.43. The van der Waals surface area contributed by atoms with Crippen LogP contribution in [0, 0.1) is 5.41 Å². The normalized spacial score (nSPS) is 11.3. The Morgan fingerprint density at radius 3 is 3.10 bits per heavy atom. The SMILES string of the molecule is C=Cc1csc(-n2nn[nH]c2=O)c1COC(N)=CC=N. The Labute approximate surface area is 117 Å². The second-order valence-electron chi connectivity index (χ2n) is 3.62. The molecule has 0 aromatic carbocycles. The van der Waals surface area contributed by atoms with Crippen molar-refractivity contribution in [2.45, 2.75) is 6.61 Å². The fourth-order valence-electron chi connectivity index (χ4n) is 1.50. The number of aromatic nitrogens is 4. The van der Waals surface area contributed by atoms with Crippen molar-refractivity contribution >= 4 is 23.6 Å². The number of ether oxygens (including phenoxy) is 1. The van der Waals surface area contributed by atoms with E-state index in [2.05, 4.69) is 22.1 Å². The number of thiophene rings is 1. The molecule has 9 heteroatoms. The van der Waals surface area contributed by atoms with Crippen LogP contribution in [-0.2, 0) is 11.3 Å². The Balaban J connectivity index is 2.36. The molecule has 0 saturated carbocycles. The summed E-state index contributed by atoms with van der Waals surface area (Å²) >= 11 is 1.32. The van der Waals surface area contributed by atoms with E-state index in [1.165, 1.54) is 17.4 Å². The summed E-state index contributed by atoms with van der Waals surface area (Å²) in [5.41, 5.74) is 6.66. The predicted octanol–water partition coefficient (Wildman–Crippen LogP) is 0.626. The summed E-state index contributed by atoms with van der Waals surface area (Å²) in [5, 5.41) is 18.7. The fraction of sp³-hybridized carbons (Fsp3) is 0.0909. The summed E-state index contributed by atoms with van der Waals surface area (Å²) in [6.45, 7) is 3.84. The zero-order valence-corrected chi connectivity index (χ0v) is 11.2. The molecule has 0 fully saturated rings. The first kappa shape index (κ1) is 13.7. The van der Waals surface area contributed by atoms with Gasteiger partial charge >= 0.3 is 5.69 Å². The third kappa shape index (κ3) is 2.67. The molecule has 104 valence electrons. The minimum absolute atomic E-state index is 0.111. The molecule has 0 aliphatic heterocycles. The fourth-order valence-corrected chi connectivity index (χ4v) is 2.51. The number of hydrogen-bond acceptors (Lipinski definition) is 7. The Morgan fingerprint density at radius 1 is 1.70 bits per heavy atom. The van der Waals surface area contributed by atoms with Crippen LogP contribution in [0.3, 0.4) is 0 Å². The van der Waals surface area contributed by atoms with Crippen LogP contribution in [-0.4, -0.2) is 26.4 Å². The molecule has 8 nitrogen and oxygen atoms in total. The molecule has 0 aliphatic carbocycles. The van der Waals surface area contributed by atoms with Gasteiger partial charge in [-0.2, -0.15) is 0 Å². The number of nitrogens with zero attached hydrogens (tertiary/aromatic N) is 3. The summed E-state index contributed by atoms with van der Waals surface area (Å²) in [6.07, 6.45) is 4.00. The number of hydrogen-bond donors (Lipinski definition) is 3. The lowest BCUT2D eigenvalue weighted by Crippen LogP contribution is -2.16. The van der Waals surface area contributed by atoms with Gasteiger partial charge in [0.2, 0.25) is 0 Å². The van der Waals surface area contributed by atoms with Crippen molar-refractivity contribution in [3.63, 3.8) is 0 Å². The monoisotopic (exact) mass is 292 g/mol. The van der Waals surface area contributed by atoms with E-state index in [0.717, 1.165) is 22.0 Å². The van der Waals surface area contributed by atoms with Crippen LogP contribution in [0.1, 0.15) is 11.1 Å². The summed E-state index contributed by atoms with van der Waals surface area (Å²) in [4.78, 5) is 11.6. The van der Waals surface area contributed by atoms with Crippen LogP contribution in [0.2, 0.25) is 0 Å². The molecule has 20 heavy (non-hydrogen) atoms. The second kappa shape index (κ2) is 5.97. The molecule has 0 bridgehead atoms. The number of allylic oxidation sites excluding steroid dienone is 1. The van der Waals surface area contributed by atoms with Crippen molar-refractivity contribution in [1.82, 2.24) is 20.2 Å². The Hall–Kier alpha value is -2.68. The number of H-pyrrole nitrogens is 1. The van der Waals surface area contributed by atoms with E-state index >= 15 is 0 Å². The minimum atomic E-state index is -0.438. The van der Waals surface area contributed by atoms with Crippen molar-refractivity contribution in [1.29, 1.82) is 5.41 Å².